The maximum atomic E-state index is 13.2. The Morgan fingerprint density at radius 3 is 2.38 bits per heavy atom. The summed E-state index contributed by atoms with van der Waals surface area (Å²) in [6.07, 6.45) is 5.14. The van der Waals surface area contributed by atoms with Gasteiger partial charge in [-0.2, -0.15) is 0 Å². The molecule has 0 aliphatic heterocycles. The Kier molecular flexibility index (Phi) is 7.09. The van der Waals surface area contributed by atoms with E-state index in [4.69, 9.17) is 4.74 Å². The molecule has 3 rings (SSSR count). The first-order valence-electron chi connectivity index (χ1n) is 12.2. The lowest BCUT2D eigenvalue weighted by Crippen LogP contribution is -2.34. The molecule has 178 valence electrons. The fraction of sp³-hybridized carbons (Fsp3) is 0.704. The molecule has 0 aromatic heterocycles. The van der Waals surface area contributed by atoms with Gasteiger partial charge >= 0.3 is 5.97 Å². The molecule has 2 N–H and O–H groups in total. The van der Waals surface area contributed by atoms with Crippen molar-refractivity contribution in [1.82, 2.24) is 5.32 Å². The van der Waals surface area contributed by atoms with E-state index >= 15 is 0 Å². The molecule has 0 heterocycles. The number of carbonyl (C=O) groups excluding carboxylic acids is 1. The minimum Gasteiger partial charge on any atom is -0.479 e. The smallest absolute Gasteiger partial charge is 0.337 e. The predicted octanol–water partition coefficient (Wildman–Crippen LogP) is 5.72. The van der Waals surface area contributed by atoms with Gasteiger partial charge in [-0.15, -0.1) is 0 Å². The highest BCUT2D eigenvalue weighted by Crippen LogP contribution is 2.54. The van der Waals surface area contributed by atoms with Gasteiger partial charge in [0.25, 0.3) is 5.91 Å². The summed E-state index contributed by atoms with van der Waals surface area (Å²) in [6.45, 7) is 14.7. The maximum absolute atomic E-state index is 13.2. The molecule has 1 amide bonds. The molecule has 5 heteroatoms. The van der Waals surface area contributed by atoms with Crippen LogP contribution in [0.2, 0.25) is 0 Å². The fourth-order valence-electron chi connectivity index (χ4n) is 5.56. The van der Waals surface area contributed by atoms with E-state index in [2.05, 4.69) is 26.1 Å². The average Bonchev–Trinajstić information content (AvgIpc) is 3.04. The minimum atomic E-state index is -1.04. The summed E-state index contributed by atoms with van der Waals surface area (Å²) in [6, 6.07) is 1.90. The van der Waals surface area contributed by atoms with Crippen molar-refractivity contribution in [1.29, 1.82) is 0 Å². The van der Waals surface area contributed by atoms with Crippen LogP contribution in [0.4, 0.5) is 0 Å². The summed E-state index contributed by atoms with van der Waals surface area (Å²) in [5, 5.41) is 13.3. The van der Waals surface area contributed by atoms with Crippen molar-refractivity contribution in [3.8, 4) is 0 Å². The van der Waals surface area contributed by atoms with Crippen LogP contribution in [0.1, 0.15) is 112 Å². The highest BCUT2D eigenvalue weighted by molar-refractivity contribution is 5.97. The first-order valence-corrected chi connectivity index (χ1v) is 12.2. The second-order valence-electron chi connectivity index (χ2n) is 11.5. The quantitative estimate of drug-likeness (QED) is 0.590. The van der Waals surface area contributed by atoms with Crippen LogP contribution in [-0.4, -0.2) is 29.1 Å². The van der Waals surface area contributed by atoms with Gasteiger partial charge in [0.2, 0.25) is 0 Å². The largest absolute Gasteiger partial charge is 0.479 e. The number of aliphatic carboxylic acids is 1. The van der Waals surface area contributed by atoms with Gasteiger partial charge in [0.15, 0.2) is 6.10 Å². The molecular weight excluding hydrogens is 402 g/mol. The van der Waals surface area contributed by atoms with E-state index in [-0.39, 0.29) is 11.3 Å². The Hall–Kier alpha value is -1.88. The van der Waals surface area contributed by atoms with E-state index in [1.165, 1.54) is 0 Å². The molecule has 1 aromatic carbocycles. The lowest BCUT2D eigenvalue weighted by atomic mass is 9.65. The molecule has 0 saturated heterocycles. The molecule has 1 spiro atoms. The van der Waals surface area contributed by atoms with Crippen molar-refractivity contribution in [2.75, 3.05) is 6.54 Å². The van der Waals surface area contributed by atoms with E-state index in [1.54, 1.807) is 0 Å². The van der Waals surface area contributed by atoms with E-state index in [9.17, 15) is 14.7 Å². The molecule has 32 heavy (non-hydrogen) atoms. The number of carboxylic acids is 1. The molecule has 0 radical (unpaired) electrons. The van der Waals surface area contributed by atoms with Gasteiger partial charge in [-0.1, -0.05) is 20.8 Å². The molecule has 1 unspecified atom stereocenters. The molecule has 5 nitrogen and oxygen atoms in total. The molecule has 2 aliphatic rings. The molecule has 0 bridgehead atoms. The Labute approximate surface area is 193 Å². The Morgan fingerprint density at radius 2 is 1.84 bits per heavy atom. The van der Waals surface area contributed by atoms with Crippen LogP contribution in [0, 0.1) is 18.8 Å². The van der Waals surface area contributed by atoms with Crippen LogP contribution in [0.25, 0.3) is 0 Å². The summed E-state index contributed by atoms with van der Waals surface area (Å²) in [7, 11) is 0. The van der Waals surface area contributed by atoms with Crippen LogP contribution < -0.4 is 5.32 Å². The van der Waals surface area contributed by atoms with Crippen molar-refractivity contribution < 1.29 is 19.4 Å². The van der Waals surface area contributed by atoms with Crippen LogP contribution in [0.3, 0.4) is 0 Å². The number of nitrogens with one attached hydrogen (secondary N) is 1. The number of ether oxygens (including phenoxy) is 1. The first-order chi connectivity index (χ1) is 14.8. The zero-order valence-electron chi connectivity index (χ0n) is 20.9. The van der Waals surface area contributed by atoms with Crippen molar-refractivity contribution >= 4 is 11.9 Å². The van der Waals surface area contributed by atoms with Crippen LogP contribution in [-0.2, 0) is 21.4 Å². The minimum absolute atomic E-state index is 0.0468. The van der Waals surface area contributed by atoms with Gasteiger partial charge in [-0.3, -0.25) is 4.79 Å². The van der Waals surface area contributed by atoms with E-state index in [0.29, 0.717) is 18.4 Å². The second kappa shape index (κ2) is 9.17. The van der Waals surface area contributed by atoms with Crippen molar-refractivity contribution in [2.45, 2.75) is 104 Å². The van der Waals surface area contributed by atoms with Gasteiger partial charge in [0.1, 0.15) is 0 Å². The number of benzene rings is 1. The summed E-state index contributed by atoms with van der Waals surface area (Å²) >= 11 is 0. The average molecular weight is 444 g/mol. The zero-order valence-corrected chi connectivity index (χ0v) is 20.9. The van der Waals surface area contributed by atoms with Gasteiger partial charge < -0.3 is 15.2 Å². The predicted molar refractivity (Wildman–Crippen MR) is 127 cm³/mol. The number of hydrogen-bond acceptors (Lipinski definition) is 3. The normalized spacial score (nSPS) is 23.9. The topological polar surface area (TPSA) is 75.6 Å². The number of amides is 1. The number of rotatable bonds is 6. The Morgan fingerprint density at radius 1 is 1.22 bits per heavy atom. The number of hydrogen-bond donors (Lipinski definition) is 2. The maximum Gasteiger partial charge on any atom is 0.337 e. The van der Waals surface area contributed by atoms with Gasteiger partial charge in [-0.25, -0.2) is 4.79 Å². The lowest BCUT2D eigenvalue weighted by Gasteiger charge is -2.40. The fourth-order valence-corrected chi connectivity index (χ4v) is 5.56. The number of carbonyl (C=O) groups is 2. The van der Waals surface area contributed by atoms with Crippen molar-refractivity contribution in [3.05, 3.63) is 33.9 Å². The highest BCUT2D eigenvalue weighted by atomic mass is 16.5. The molecule has 1 atom stereocenters. The van der Waals surface area contributed by atoms with E-state index in [0.717, 1.165) is 66.3 Å². The highest BCUT2D eigenvalue weighted by Gasteiger charge is 2.46. The van der Waals surface area contributed by atoms with Gasteiger partial charge in [0, 0.05) is 12.1 Å². The summed E-state index contributed by atoms with van der Waals surface area (Å²) < 4.78 is 6.13. The lowest BCUT2D eigenvalue weighted by molar-refractivity contribution is -0.160. The third-order valence-corrected chi connectivity index (χ3v) is 7.17. The van der Waals surface area contributed by atoms with Crippen LogP contribution in [0.15, 0.2) is 6.07 Å². The van der Waals surface area contributed by atoms with Crippen LogP contribution >= 0.6 is 0 Å². The molecule has 1 fully saturated rings. The molecule has 1 saturated carbocycles. The van der Waals surface area contributed by atoms with E-state index < -0.39 is 17.7 Å². The van der Waals surface area contributed by atoms with Crippen molar-refractivity contribution in [3.63, 3.8) is 0 Å². The zero-order chi connectivity index (χ0) is 23.8. The Balaban J connectivity index is 2.19. The summed E-state index contributed by atoms with van der Waals surface area (Å²) in [4.78, 5) is 25.6. The molecule has 2 aliphatic carbocycles. The van der Waals surface area contributed by atoms with E-state index in [1.807, 2.05) is 33.8 Å². The molecule has 1 aromatic rings. The number of aryl methyl sites for hydroxylation is 1. The Bertz CT molecular complexity index is 873. The standard InChI is InChI=1S/C27H41NO4/c1-16(2)15-28-24(29)20-14-18(4)21(23(25(30)31)32-26(5,6)7)22-19(20)10-13-27(22)11-8-17(3)9-12-27/h14,16-17,23H,8-13,15H2,1-7H3,(H,28,29)(H,30,31). The monoisotopic (exact) mass is 443 g/mol. The molecular formula is C27H41NO4. The second-order valence-corrected chi connectivity index (χ2v) is 11.5. The van der Waals surface area contributed by atoms with Crippen molar-refractivity contribution in [2.24, 2.45) is 11.8 Å². The van der Waals surface area contributed by atoms with Gasteiger partial charge in [0.05, 0.1) is 5.60 Å². The van der Waals surface area contributed by atoms with Gasteiger partial charge in [-0.05, 0) is 112 Å². The first kappa shape index (κ1) is 24.8. The van der Waals surface area contributed by atoms with Crippen LogP contribution in [0.5, 0.6) is 0 Å². The number of carboxylic acid groups (broad SMARTS) is 1. The summed E-state index contributed by atoms with van der Waals surface area (Å²) in [5.41, 5.74) is 3.86. The third-order valence-electron chi connectivity index (χ3n) is 7.17. The SMILES string of the molecule is Cc1cc(C(=O)NCC(C)C)c2c(c1C(OC(C)(C)C)C(=O)O)C1(CC2)CCC(C)CC1. The summed E-state index contributed by atoms with van der Waals surface area (Å²) in [5.74, 6) is 0.0471. The third kappa shape index (κ3) is 5.03. The number of fused-ring (bicyclic) bond motifs is 2.